The van der Waals surface area contributed by atoms with Gasteiger partial charge in [0.15, 0.2) is 0 Å². The van der Waals surface area contributed by atoms with Crippen LogP contribution in [0.4, 0.5) is 4.39 Å². The van der Waals surface area contributed by atoms with Gasteiger partial charge in [0.1, 0.15) is 5.82 Å². The van der Waals surface area contributed by atoms with Gasteiger partial charge < -0.3 is 15.3 Å². The number of nitrogens with one attached hydrogen (secondary N) is 2. The number of hydrogen-bond donors (Lipinski definition) is 2. The van der Waals surface area contributed by atoms with E-state index in [-0.39, 0.29) is 5.82 Å². The van der Waals surface area contributed by atoms with Crippen molar-refractivity contribution in [3.05, 3.63) is 71.2 Å². The molecule has 0 radical (unpaired) electrons. The molecule has 4 heteroatoms. The Morgan fingerprint density at radius 3 is 2.57 bits per heavy atom. The summed E-state index contributed by atoms with van der Waals surface area (Å²) < 4.78 is 13.0. The van der Waals surface area contributed by atoms with E-state index in [2.05, 4.69) is 28.1 Å². The lowest BCUT2D eigenvalue weighted by molar-refractivity contribution is 0.182. The zero-order valence-electron chi connectivity index (χ0n) is 16.3. The fraction of sp³-hybridized carbons (Fsp3) is 0.375. The van der Waals surface area contributed by atoms with Crippen LogP contribution >= 0.6 is 0 Å². The molecule has 0 spiro atoms. The van der Waals surface area contributed by atoms with Crippen molar-refractivity contribution in [2.45, 2.75) is 32.1 Å². The number of aromatic nitrogens is 1. The highest BCUT2D eigenvalue weighted by atomic mass is 19.1. The van der Waals surface area contributed by atoms with Gasteiger partial charge in [-0.2, -0.15) is 0 Å². The number of H-pyrrole nitrogens is 1. The molecule has 28 heavy (non-hydrogen) atoms. The highest BCUT2D eigenvalue weighted by Gasteiger charge is 2.19. The van der Waals surface area contributed by atoms with Crippen molar-refractivity contribution in [3.63, 3.8) is 0 Å². The molecule has 2 heterocycles. The van der Waals surface area contributed by atoms with E-state index in [0.717, 1.165) is 41.8 Å². The van der Waals surface area contributed by atoms with Gasteiger partial charge in [-0.1, -0.05) is 18.2 Å². The summed E-state index contributed by atoms with van der Waals surface area (Å²) in [6.45, 7) is 3.48. The van der Waals surface area contributed by atoms with E-state index in [4.69, 9.17) is 5.41 Å². The number of likely N-dealkylation sites (tertiary alicyclic amines) is 1. The summed E-state index contributed by atoms with van der Waals surface area (Å²) in [6.07, 6.45) is 9.09. The first-order valence-corrected chi connectivity index (χ1v) is 10.3. The maximum absolute atomic E-state index is 13.0. The molecule has 0 atom stereocenters. The summed E-state index contributed by atoms with van der Waals surface area (Å²) in [5.41, 5.74) is 4.66. The van der Waals surface area contributed by atoms with Crippen LogP contribution < -0.4 is 0 Å². The first kappa shape index (κ1) is 18.9. The van der Waals surface area contributed by atoms with E-state index in [1.165, 1.54) is 49.7 Å². The van der Waals surface area contributed by atoms with Crippen LogP contribution in [0.1, 0.15) is 36.0 Å². The minimum Gasteiger partial charge on any atom is -0.361 e. The molecule has 0 amide bonds. The number of rotatable bonds is 7. The second-order valence-corrected chi connectivity index (χ2v) is 7.99. The van der Waals surface area contributed by atoms with Crippen LogP contribution in [-0.2, 0) is 12.8 Å². The minimum absolute atomic E-state index is 0.150. The number of halogens is 1. The summed E-state index contributed by atoms with van der Waals surface area (Å²) in [6, 6.07) is 13.5. The molecule has 146 valence electrons. The van der Waals surface area contributed by atoms with Gasteiger partial charge in [0.25, 0.3) is 0 Å². The SMILES string of the molecule is N=Cc1c[nH]c2ccc(CCCN3CCC(Cc4ccc(F)cc4)CC3)cc12. The number of aromatic amines is 1. The quantitative estimate of drug-likeness (QED) is 0.547. The van der Waals surface area contributed by atoms with Gasteiger partial charge in [-0.25, -0.2) is 4.39 Å². The first-order chi connectivity index (χ1) is 13.7. The fourth-order valence-corrected chi connectivity index (χ4v) is 4.34. The Kier molecular flexibility index (Phi) is 5.87. The van der Waals surface area contributed by atoms with Gasteiger partial charge in [0.2, 0.25) is 0 Å². The summed E-state index contributed by atoms with van der Waals surface area (Å²) in [4.78, 5) is 5.80. The average Bonchev–Trinajstić information content (AvgIpc) is 3.13. The molecular formula is C24H28FN3. The molecule has 0 saturated carbocycles. The zero-order chi connectivity index (χ0) is 19.3. The van der Waals surface area contributed by atoms with Crippen molar-refractivity contribution in [2.75, 3.05) is 19.6 Å². The van der Waals surface area contributed by atoms with E-state index in [0.29, 0.717) is 0 Å². The first-order valence-electron chi connectivity index (χ1n) is 10.3. The molecule has 1 aliphatic rings. The zero-order valence-corrected chi connectivity index (χ0v) is 16.3. The standard InChI is InChI=1S/C24H28FN3/c25-22-6-3-19(4-7-22)14-20-9-12-28(13-10-20)11-1-2-18-5-8-24-23(15-18)21(16-26)17-27-24/h3-8,15-17,20,26-27H,1-2,9-14H2. The lowest BCUT2D eigenvalue weighted by Gasteiger charge is -2.32. The third kappa shape index (κ3) is 4.50. The van der Waals surface area contributed by atoms with E-state index in [1.807, 2.05) is 18.3 Å². The van der Waals surface area contributed by atoms with Crippen LogP contribution in [0, 0.1) is 17.1 Å². The van der Waals surface area contributed by atoms with E-state index >= 15 is 0 Å². The topological polar surface area (TPSA) is 42.9 Å². The molecular weight excluding hydrogens is 349 g/mol. The molecule has 1 saturated heterocycles. The second-order valence-electron chi connectivity index (χ2n) is 7.99. The molecule has 3 aromatic rings. The third-order valence-electron chi connectivity index (χ3n) is 6.02. The Morgan fingerprint density at radius 1 is 1.07 bits per heavy atom. The van der Waals surface area contributed by atoms with Crippen molar-refractivity contribution < 1.29 is 4.39 Å². The molecule has 1 aromatic heterocycles. The summed E-state index contributed by atoms with van der Waals surface area (Å²) >= 11 is 0. The molecule has 2 N–H and O–H groups in total. The van der Waals surface area contributed by atoms with Crippen LogP contribution in [0.2, 0.25) is 0 Å². The summed E-state index contributed by atoms with van der Waals surface area (Å²) in [7, 11) is 0. The minimum atomic E-state index is -0.150. The highest BCUT2D eigenvalue weighted by Crippen LogP contribution is 2.23. The smallest absolute Gasteiger partial charge is 0.123 e. The van der Waals surface area contributed by atoms with Gasteiger partial charge in [-0.15, -0.1) is 0 Å². The van der Waals surface area contributed by atoms with Gasteiger partial charge in [0, 0.05) is 28.9 Å². The van der Waals surface area contributed by atoms with Crippen LogP contribution in [0.15, 0.2) is 48.7 Å². The van der Waals surface area contributed by atoms with Crippen molar-refractivity contribution in [1.29, 1.82) is 5.41 Å². The Hall–Kier alpha value is -2.46. The second kappa shape index (κ2) is 8.70. The van der Waals surface area contributed by atoms with Gasteiger partial charge in [-0.05, 0) is 93.0 Å². The van der Waals surface area contributed by atoms with Crippen molar-refractivity contribution in [2.24, 2.45) is 5.92 Å². The van der Waals surface area contributed by atoms with E-state index < -0.39 is 0 Å². The Labute approximate surface area is 166 Å². The highest BCUT2D eigenvalue weighted by molar-refractivity contribution is 5.98. The molecule has 0 unspecified atom stereocenters. The van der Waals surface area contributed by atoms with Crippen molar-refractivity contribution in [3.8, 4) is 0 Å². The normalized spacial score (nSPS) is 15.9. The largest absolute Gasteiger partial charge is 0.361 e. The maximum Gasteiger partial charge on any atom is 0.123 e. The molecule has 0 bridgehead atoms. The lowest BCUT2D eigenvalue weighted by Crippen LogP contribution is -2.35. The fourth-order valence-electron chi connectivity index (χ4n) is 4.34. The van der Waals surface area contributed by atoms with Crippen LogP contribution in [0.3, 0.4) is 0 Å². The molecule has 0 aliphatic carbocycles. The predicted octanol–water partition coefficient (Wildman–Crippen LogP) is 5.19. The van der Waals surface area contributed by atoms with Crippen LogP contribution in [-0.4, -0.2) is 35.7 Å². The summed E-state index contributed by atoms with van der Waals surface area (Å²) in [5.74, 6) is 0.570. The van der Waals surface area contributed by atoms with Crippen molar-refractivity contribution >= 4 is 17.1 Å². The average molecular weight is 378 g/mol. The lowest BCUT2D eigenvalue weighted by atomic mass is 9.90. The molecule has 4 rings (SSSR count). The van der Waals surface area contributed by atoms with E-state index in [1.54, 1.807) is 12.1 Å². The number of nitrogens with zero attached hydrogens (tertiary/aromatic N) is 1. The Balaban J connectivity index is 1.22. The molecule has 1 aliphatic heterocycles. The number of fused-ring (bicyclic) bond motifs is 1. The maximum atomic E-state index is 13.0. The number of aryl methyl sites for hydroxylation is 1. The summed E-state index contributed by atoms with van der Waals surface area (Å²) in [5, 5.41) is 8.66. The van der Waals surface area contributed by atoms with Gasteiger partial charge in [-0.3, -0.25) is 0 Å². The van der Waals surface area contributed by atoms with Crippen molar-refractivity contribution in [1.82, 2.24) is 9.88 Å². The number of piperidine rings is 1. The van der Waals surface area contributed by atoms with Gasteiger partial charge >= 0.3 is 0 Å². The van der Waals surface area contributed by atoms with Crippen LogP contribution in [0.5, 0.6) is 0 Å². The Bertz CT molecular complexity index is 921. The van der Waals surface area contributed by atoms with Gasteiger partial charge in [0.05, 0.1) is 0 Å². The van der Waals surface area contributed by atoms with Crippen LogP contribution in [0.25, 0.3) is 10.9 Å². The number of benzene rings is 2. The predicted molar refractivity (Wildman–Crippen MR) is 114 cm³/mol. The molecule has 1 fully saturated rings. The molecule has 2 aromatic carbocycles. The third-order valence-corrected chi connectivity index (χ3v) is 6.02. The number of hydrogen-bond acceptors (Lipinski definition) is 2. The molecule has 3 nitrogen and oxygen atoms in total. The van der Waals surface area contributed by atoms with E-state index in [9.17, 15) is 4.39 Å². The Morgan fingerprint density at radius 2 is 1.82 bits per heavy atom. The monoisotopic (exact) mass is 377 g/mol.